The van der Waals surface area contributed by atoms with E-state index in [1.165, 1.54) is 16.7 Å². The molecule has 2 fully saturated rings. The van der Waals surface area contributed by atoms with E-state index in [-0.39, 0.29) is 34.9 Å². The van der Waals surface area contributed by atoms with Crippen molar-refractivity contribution in [1.82, 2.24) is 15.5 Å². The Morgan fingerprint density at radius 1 is 1.44 bits per heavy atom. The van der Waals surface area contributed by atoms with E-state index in [1.807, 2.05) is 14.0 Å². The van der Waals surface area contributed by atoms with Crippen molar-refractivity contribution in [2.75, 3.05) is 20.1 Å². The predicted octanol–water partition coefficient (Wildman–Crippen LogP) is -0.426. The first-order valence-corrected chi connectivity index (χ1v) is 10.4. The van der Waals surface area contributed by atoms with Gasteiger partial charge in [-0.1, -0.05) is 6.92 Å². The molecule has 8 nitrogen and oxygen atoms in total. The maximum Gasteiger partial charge on any atom is 0.353 e. The van der Waals surface area contributed by atoms with Crippen molar-refractivity contribution in [3.05, 3.63) is 10.6 Å². The number of carbonyl (C=O) groups is 2. The third-order valence-electron chi connectivity index (χ3n) is 5.88. The molecule has 2 saturated heterocycles. The Morgan fingerprint density at radius 2 is 2.15 bits per heavy atom. The van der Waals surface area contributed by atoms with E-state index < -0.39 is 24.1 Å². The van der Waals surface area contributed by atoms with Gasteiger partial charge < -0.3 is 30.9 Å². The highest BCUT2D eigenvalue weighted by Crippen LogP contribution is 2.51. The van der Waals surface area contributed by atoms with Crippen molar-refractivity contribution in [2.24, 2.45) is 11.8 Å². The van der Waals surface area contributed by atoms with E-state index in [2.05, 4.69) is 10.6 Å². The Morgan fingerprint density at radius 3 is 2.74 bits per heavy atom. The molecule has 9 heteroatoms. The maximum atomic E-state index is 12.4. The number of amides is 1. The van der Waals surface area contributed by atoms with Crippen LogP contribution in [-0.2, 0) is 9.59 Å². The molecule has 0 radical (unpaired) electrons. The number of rotatable bonds is 8. The van der Waals surface area contributed by atoms with Gasteiger partial charge in [0.2, 0.25) is 5.91 Å². The molecule has 0 spiro atoms. The summed E-state index contributed by atoms with van der Waals surface area (Å²) >= 11 is 1.50. The SMILES string of the molecule is CNCCC(O)C1CC(SC2=C(C(=O)O)N3C(=O)C(C(C)O)C3C2C)CN1. The number of carbonyl (C=O) groups excluding carboxylic acids is 1. The highest BCUT2D eigenvalue weighted by atomic mass is 32.2. The summed E-state index contributed by atoms with van der Waals surface area (Å²) in [6, 6.07) is -0.289. The second-order valence-electron chi connectivity index (χ2n) is 7.72. The van der Waals surface area contributed by atoms with E-state index >= 15 is 0 Å². The fourth-order valence-corrected chi connectivity index (χ4v) is 5.96. The standard InChI is InChI=1S/C18H29N3O5S/c1-8-14-13(9(2)22)17(24)21(14)15(18(25)26)16(8)27-10-6-11(20-7-10)12(23)4-5-19-3/h8-14,19-20,22-23H,4-7H2,1-3H3,(H,25,26). The van der Waals surface area contributed by atoms with Crippen LogP contribution in [0.25, 0.3) is 0 Å². The van der Waals surface area contributed by atoms with Crippen LogP contribution in [0.4, 0.5) is 0 Å². The van der Waals surface area contributed by atoms with Gasteiger partial charge in [0, 0.05) is 28.7 Å². The lowest BCUT2D eigenvalue weighted by atomic mass is 9.79. The number of aliphatic carboxylic acids is 1. The Balaban J connectivity index is 1.71. The third-order valence-corrected chi connectivity index (χ3v) is 7.40. The smallest absolute Gasteiger partial charge is 0.353 e. The van der Waals surface area contributed by atoms with E-state index in [9.17, 15) is 24.9 Å². The van der Waals surface area contributed by atoms with E-state index in [0.29, 0.717) is 17.9 Å². The average Bonchev–Trinajstić information content (AvgIpc) is 3.15. The molecule has 0 aliphatic carbocycles. The van der Waals surface area contributed by atoms with Crippen molar-refractivity contribution in [1.29, 1.82) is 0 Å². The molecule has 152 valence electrons. The van der Waals surface area contributed by atoms with Gasteiger partial charge in [0.05, 0.1) is 24.2 Å². The van der Waals surface area contributed by atoms with Gasteiger partial charge >= 0.3 is 5.97 Å². The number of thioether (sulfide) groups is 1. The number of fused-ring (bicyclic) bond motifs is 1. The Kier molecular flexibility index (Phi) is 6.17. The molecule has 3 aliphatic rings. The second kappa shape index (κ2) is 8.08. The van der Waals surface area contributed by atoms with Crippen LogP contribution in [0.5, 0.6) is 0 Å². The summed E-state index contributed by atoms with van der Waals surface area (Å²) in [6.07, 6.45) is 0.168. The van der Waals surface area contributed by atoms with Crippen LogP contribution in [0.2, 0.25) is 0 Å². The molecular formula is C18H29N3O5S. The summed E-state index contributed by atoms with van der Waals surface area (Å²) in [5, 5.41) is 36.4. The normalized spacial score (nSPS) is 35.2. The van der Waals surface area contributed by atoms with Crippen molar-refractivity contribution < 1.29 is 24.9 Å². The monoisotopic (exact) mass is 399 g/mol. The number of carboxylic acid groups (broad SMARTS) is 1. The van der Waals surface area contributed by atoms with E-state index in [1.54, 1.807) is 6.92 Å². The summed E-state index contributed by atoms with van der Waals surface area (Å²) in [4.78, 5) is 26.3. The summed E-state index contributed by atoms with van der Waals surface area (Å²) in [6.45, 7) is 4.94. The van der Waals surface area contributed by atoms with Gasteiger partial charge in [-0.15, -0.1) is 11.8 Å². The number of carboxylic acids is 1. The number of aliphatic hydroxyl groups excluding tert-OH is 2. The topological polar surface area (TPSA) is 122 Å². The maximum absolute atomic E-state index is 12.4. The lowest BCUT2D eigenvalue weighted by molar-refractivity contribution is -0.163. The van der Waals surface area contributed by atoms with E-state index in [4.69, 9.17) is 0 Å². The molecule has 7 atom stereocenters. The number of aliphatic hydroxyl groups is 2. The van der Waals surface area contributed by atoms with Gasteiger partial charge in [0.25, 0.3) is 0 Å². The molecule has 27 heavy (non-hydrogen) atoms. The Bertz CT molecular complexity index is 640. The molecule has 3 aliphatic heterocycles. The summed E-state index contributed by atoms with van der Waals surface area (Å²) in [5.74, 6) is -2.06. The van der Waals surface area contributed by atoms with Crippen LogP contribution < -0.4 is 10.6 Å². The lowest BCUT2D eigenvalue weighted by Gasteiger charge is -2.46. The molecule has 5 N–H and O–H groups in total. The number of nitrogens with zero attached hydrogens (tertiary/aromatic N) is 1. The number of nitrogens with one attached hydrogen (secondary N) is 2. The second-order valence-corrected chi connectivity index (χ2v) is 9.06. The minimum absolute atomic E-state index is 0.00897. The average molecular weight is 400 g/mol. The van der Waals surface area contributed by atoms with Crippen LogP contribution in [0.1, 0.15) is 26.7 Å². The Hall–Kier alpha value is -1.13. The molecule has 0 aromatic heterocycles. The molecule has 0 saturated carbocycles. The minimum atomic E-state index is -1.10. The molecule has 0 aromatic carbocycles. The van der Waals surface area contributed by atoms with Crippen LogP contribution in [-0.4, -0.2) is 81.8 Å². The first-order chi connectivity index (χ1) is 12.8. The van der Waals surface area contributed by atoms with Crippen LogP contribution in [0.15, 0.2) is 10.6 Å². The van der Waals surface area contributed by atoms with Crippen molar-refractivity contribution in [2.45, 2.75) is 56.2 Å². The highest BCUT2D eigenvalue weighted by molar-refractivity contribution is 8.03. The van der Waals surface area contributed by atoms with Gasteiger partial charge in [-0.05, 0) is 33.4 Å². The van der Waals surface area contributed by atoms with E-state index in [0.717, 1.165) is 13.0 Å². The number of hydrogen-bond acceptors (Lipinski definition) is 7. The molecule has 1 amide bonds. The van der Waals surface area contributed by atoms with Gasteiger partial charge in [-0.3, -0.25) is 4.79 Å². The van der Waals surface area contributed by atoms with Gasteiger partial charge in [0.1, 0.15) is 5.70 Å². The zero-order valence-corrected chi connectivity index (χ0v) is 16.7. The molecular weight excluding hydrogens is 370 g/mol. The van der Waals surface area contributed by atoms with Crippen LogP contribution in [0.3, 0.4) is 0 Å². The first-order valence-electron chi connectivity index (χ1n) is 9.49. The quantitative estimate of drug-likeness (QED) is 0.349. The summed E-state index contributed by atoms with van der Waals surface area (Å²) < 4.78 is 0. The van der Waals surface area contributed by atoms with Crippen LogP contribution in [0, 0.1) is 11.8 Å². The highest BCUT2D eigenvalue weighted by Gasteiger charge is 2.60. The van der Waals surface area contributed by atoms with Crippen molar-refractivity contribution in [3.63, 3.8) is 0 Å². The van der Waals surface area contributed by atoms with Crippen molar-refractivity contribution >= 4 is 23.6 Å². The Labute approximate surface area is 163 Å². The molecule has 0 aromatic rings. The molecule has 7 unspecified atom stereocenters. The number of β-lactam (4-membered cyclic amide) rings is 1. The zero-order valence-electron chi connectivity index (χ0n) is 15.9. The minimum Gasteiger partial charge on any atom is -0.477 e. The van der Waals surface area contributed by atoms with Gasteiger partial charge in [-0.25, -0.2) is 4.79 Å². The molecule has 3 heterocycles. The summed E-state index contributed by atoms with van der Waals surface area (Å²) in [7, 11) is 1.85. The largest absolute Gasteiger partial charge is 0.477 e. The predicted molar refractivity (Wildman–Crippen MR) is 102 cm³/mol. The third kappa shape index (κ3) is 3.63. The fourth-order valence-electron chi connectivity index (χ4n) is 4.47. The zero-order chi connectivity index (χ0) is 19.9. The van der Waals surface area contributed by atoms with Gasteiger partial charge in [-0.2, -0.15) is 0 Å². The van der Waals surface area contributed by atoms with Gasteiger partial charge in [0.15, 0.2) is 0 Å². The van der Waals surface area contributed by atoms with Crippen LogP contribution >= 0.6 is 11.8 Å². The molecule has 3 rings (SSSR count). The number of hydrogen-bond donors (Lipinski definition) is 5. The summed E-state index contributed by atoms with van der Waals surface area (Å²) in [5.41, 5.74) is 0.0681. The van der Waals surface area contributed by atoms with Crippen molar-refractivity contribution in [3.8, 4) is 0 Å². The fraction of sp³-hybridized carbons (Fsp3) is 0.778. The molecule has 0 bridgehead atoms. The lowest BCUT2D eigenvalue weighted by Crippen LogP contribution is -2.63. The first kappa shape index (κ1) is 20.6.